The lowest BCUT2D eigenvalue weighted by Crippen LogP contribution is -2.06. The molecule has 0 saturated carbocycles. The van der Waals surface area contributed by atoms with Gasteiger partial charge in [0.2, 0.25) is 0 Å². The molecule has 3 nitrogen and oxygen atoms in total. The van der Waals surface area contributed by atoms with Crippen molar-refractivity contribution in [3.8, 4) is 0 Å². The highest BCUT2D eigenvalue weighted by Gasteiger charge is 2.03. The van der Waals surface area contributed by atoms with Crippen LogP contribution in [-0.2, 0) is 4.79 Å². The van der Waals surface area contributed by atoms with E-state index in [1.165, 1.54) is 0 Å². The number of alkyl halides is 1. The highest BCUT2D eigenvalue weighted by atomic mass is 127. The molecule has 9 heavy (non-hydrogen) atoms. The summed E-state index contributed by atoms with van der Waals surface area (Å²) in [4.78, 5) is 9.93. The molecule has 54 valence electrons. The van der Waals surface area contributed by atoms with E-state index in [-0.39, 0.29) is 17.0 Å². The molecule has 2 N–H and O–H groups in total. The lowest BCUT2D eigenvalue weighted by Gasteiger charge is -2.00. The third-order valence-corrected chi connectivity index (χ3v) is 1.89. The van der Waals surface area contributed by atoms with Gasteiger partial charge in [0.05, 0.1) is 6.61 Å². The normalized spacial score (nSPS) is 13.1. The molecule has 0 heterocycles. The predicted molar refractivity (Wildman–Crippen MR) is 41.8 cm³/mol. The summed E-state index contributed by atoms with van der Waals surface area (Å²) in [6.07, 6.45) is 0.695. The monoisotopic (exact) mass is 244 g/mol. The molecule has 0 rings (SSSR count). The zero-order valence-electron chi connectivity index (χ0n) is 4.88. The van der Waals surface area contributed by atoms with Gasteiger partial charge in [-0.2, -0.15) is 0 Å². The van der Waals surface area contributed by atoms with Gasteiger partial charge in [-0.05, 0) is 6.42 Å². The van der Waals surface area contributed by atoms with E-state index in [9.17, 15) is 4.79 Å². The number of hydrogen-bond acceptors (Lipinski definition) is 2. The molecular weight excluding hydrogens is 235 g/mol. The SMILES string of the molecule is O=C(O)CCC(I)CO. The zero-order chi connectivity index (χ0) is 7.28. The number of aliphatic hydroxyl groups excluding tert-OH is 1. The number of hydrogen-bond donors (Lipinski definition) is 2. The van der Waals surface area contributed by atoms with Crippen molar-refractivity contribution in [2.45, 2.75) is 16.8 Å². The third kappa shape index (κ3) is 6.04. The van der Waals surface area contributed by atoms with Crippen LogP contribution in [-0.4, -0.2) is 26.7 Å². The fraction of sp³-hybridized carbons (Fsp3) is 0.800. The van der Waals surface area contributed by atoms with Crippen LogP contribution < -0.4 is 0 Å². The van der Waals surface area contributed by atoms with Crippen LogP contribution in [0.2, 0.25) is 0 Å². The van der Waals surface area contributed by atoms with Gasteiger partial charge >= 0.3 is 5.97 Å². The molecule has 0 spiro atoms. The number of carboxylic acid groups (broad SMARTS) is 1. The minimum Gasteiger partial charge on any atom is -0.481 e. The smallest absolute Gasteiger partial charge is 0.303 e. The first-order valence-electron chi connectivity index (χ1n) is 2.63. The summed E-state index contributed by atoms with van der Waals surface area (Å²) in [5.41, 5.74) is 0. The van der Waals surface area contributed by atoms with E-state index in [2.05, 4.69) is 0 Å². The molecule has 0 aliphatic heterocycles. The van der Waals surface area contributed by atoms with Crippen molar-refractivity contribution in [1.82, 2.24) is 0 Å². The van der Waals surface area contributed by atoms with Gasteiger partial charge in [-0.3, -0.25) is 4.79 Å². The molecule has 0 amide bonds. The van der Waals surface area contributed by atoms with Gasteiger partial charge in [-0.25, -0.2) is 0 Å². The summed E-state index contributed by atoms with van der Waals surface area (Å²) >= 11 is 2.03. The van der Waals surface area contributed by atoms with E-state index in [1.807, 2.05) is 22.6 Å². The molecule has 0 saturated heterocycles. The first-order valence-corrected chi connectivity index (χ1v) is 3.88. The number of carbonyl (C=O) groups is 1. The maximum Gasteiger partial charge on any atom is 0.303 e. The Balaban J connectivity index is 3.16. The molecule has 0 aromatic rings. The van der Waals surface area contributed by atoms with E-state index >= 15 is 0 Å². The van der Waals surface area contributed by atoms with Crippen LogP contribution >= 0.6 is 22.6 Å². The molecule has 0 aliphatic carbocycles. The number of rotatable bonds is 4. The van der Waals surface area contributed by atoms with Crippen LogP contribution in [0.15, 0.2) is 0 Å². The van der Waals surface area contributed by atoms with Crippen molar-refractivity contribution >= 4 is 28.6 Å². The summed E-state index contributed by atoms with van der Waals surface area (Å²) in [6, 6.07) is 0. The number of carboxylic acids is 1. The highest BCUT2D eigenvalue weighted by Crippen LogP contribution is 2.06. The minimum absolute atomic E-state index is 0.0633. The molecule has 0 bridgehead atoms. The molecule has 1 unspecified atom stereocenters. The van der Waals surface area contributed by atoms with Crippen LogP contribution in [0, 0.1) is 0 Å². The van der Waals surface area contributed by atoms with Crippen molar-refractivity contribution < 1.29 is 15.0 Å². The van der Waals surface area contributed by atoms with Crippen molar-refractivity contribution in [2.24, 2.45) is 0 Å². The van der Waals surface area contributed by atoms with Gasteiger partial charge in [0.15, 0.2) is 0 Å². The van der Waals surface area contributed by atoms with Gasteiger partial charge in [0, 0.05) is 10.3 Å². The quantitative estimate of drug-likeness (QED) is 0.563. The second-order valence-corrected chi connectivity index (χ2v) is 3.47. The van der Waals surface area contributed by atoms with Crippen molar-refractivity contribution in [1.29, 1.82) is 0 Å². The van der Waals surface area contributed by atoms with Crippen LogP contribution in [0.3, 0.4) is 0 Å². The molecule has 4 heteroatoms. The van der Waals surface area contributed by atoms with Crippen molar-refractivity contribution in [3.63, 3.8) is 0 Å². The highest BCUT2D eigenvalue weighted by molar-refractivity contribution is 14.1. The van der Waals surface area contributed by atoms with Crippen molar-refractivity contribution in [3.05, 3.63) is 0 Å². The Morgan fingerprint density at radius 3 is 2.56 bits per heavy atom. The summed E-state index contributed by atoms with van der Waals surface area (Å²) in [7, 11) is 0. The van der Waals surface area contributed by atoms with Gasteiger partial charge in [-0.15, -0.1) is 0 Å². The first-order chi connectivity index (χ1) is 4.16. The van der Waals surface area contributed by atoms with Crippen molar-refractivity contribution in [2.75, 3.05) is 6.61 Å². The summed E-state index contributed by atoms with van der Waals surface area (Å²) in [5, 5.41) is 16.6. The van der Waals surface area contributed by atoms with E-state index in [0.29, 0.717) is 6.42 Å². The maximum absolute atomic E-state index is 9.93. The Labute approximate surface area is 67.2 Å². The molecule has 0 aliphatic rings. The molecule has 0 aromatic carbocycles. The first kappa shape index (κ1) is 9.16. The number of halogens is 1. The summed E-state index contributed by atoms with van der Waals surface area (Å²) < 4.78 is 0.0821. The average Bonchev–Trinajstić information content (AvgIpc) is 1.83. The standard InChI is InChI=1S/C5H9IO3/c6-4(3-7)1-2-5(8)9/h4,7H,1-3H2,(H,8,9). The topological polar surface area (TPSA) is 57.5 Å². The molecule has 0 radical (unpaired) electrons. The largest absolute Gasteiger partial charge is 0.481 e. The minimum atomic E-state index is -0.801. The van der Waals surface area contributed by atoms with Crippen LogP contribution in [0.4, 0.5) is 0 Å². The predicted octanol–water partition coefficient (Wildman–Crippen LogP) is 0.647. The third-order valence-electron chi connectivity index (χ3n) is 0.870. The van der Waals surface area contributed by atoms with E-state index in [1.54, 1.807) is 0 Å². The van der Waals surface area contributed by atoms with Gasteiger partial charge in [0.1, 0.15) is 0 Å². The van der Waals surface area contributed by atoms with E-state index in [4.69, 9.17) is 10.2 Å². The summed E-state index contributed by atoms with van der Waals surface area (Å²) in [5.74, 6) is -0.801. The Morgan fingerprint density at radius 1 is 1.67 bits per heavy atom. The van der Waals surface area contributed by atoms with Crippen LogP contribution in [0.5, 0.6) is 0 Å². The van der Waals surface area contributed by atoms with E-state index < -0.39 is 5.97 Å². The second-order valence-electron chi connectivity index (χ2n) is 1.71. The fourth-order valence-corrected chi connectivity index (χ4v) is 0.683. The molecule has 0 fully saturated rings. The Morgan fingerprint density at radius 2 is 2.22 bits per heavy atom. The van der Waals surface area contributed by atoms with Gasteiger partial charge < -0.3 is 10.2 Å². The number of aliphatic hydroxyl groups is 1. The second kappa shape index (κ2) is 4.99. The molecular formula is C5H9IO3. The Hall–Kier alpha value is 0.160. The number of aliphatic carboxylic acids is 1. The van der Waals surface area contributed by atoms with E-state index in [0.717, 1.165) is 0 Å². The Kier molecular flexibility index (Phi) is 5.07. The molecule has 0 aromatic heterocycles. The average molecular weight is 244 g/mol. The summed E-state index contributed by atoms with van der Waals surface area (Å²) in [6.45, 7) is 0.0633. The van der Waals surface area contributed by atoms with Crippen LogP contribution in [0.1, 0.15) is 12.8 Å². The zero-order valence-corrected chi connectivity index (χ0v) is 7.04. The lowest BCUT2D eigenvalue weighted by molar-refractivity contribution is -0.137. The fourth-order valence-electron chi connectivity index (χ4n) is 0.371. The van der Waals surface area contributed by atoms with Gasteiger partial charge in [0.25, 0.3) is 0 Å². The Bertz CT molecular complexity index is 94.2. The van der Waals surface area contributed by atoms with Gasteiger partial charge in [-0.1, -0.05) is 22.6 Å². The molecule has 1 atom stereocenters. The lowest BCUT2D eigenvalue weighted by atomic mass is 10.2. The maximum atomic E-state index is 9.93. The van der Waals surface area contributed by atoms with Crippen LogP contribution in [0.25, 0.3) is 0 Å².